The van der Waals surface area contributed by atoms with Crippen molar-refractivity contribution in [1.82, 2.24) is 10.2 Å². The highest BCUT2D eigenvalue weighted by molar-refractivity contribution is 5.94. The summed E-state index contributed by atoms with van der Waals surface area (Å²) in [6, 6.07) is 8.78. The fraction of sp³-hybridized carbons (Fsp3) is 0.381. The maximum absolute atomic E-state index is 13.4. The van der Waals surface area contributed by atoms with Crippen molar-refractivity contribution >= 4 is 5.91 Å². The second kappa shape index (κ2) is 9.01. The molecule has 0 aliphatic carbocycles. The van der Waals surface area contributed by atoms with Gasteiger partial charge in [0.05, 0.1) is 20.3 Å². The number of carbonyl (C=O) groups excluding carboxylic acids is 1. The quantitative estimate of drug-likeness (QED) is 0.786. The first-order chi connectivity index (χ1) is 13.5. The molecule has 1 atom stereocenters. The Balaban J connectivity index is 1.79. The van der Waals surface area contributed by atoms with Gasteiger partial charge in [0.2, 0.25) is 0 Å². The molecule has 1 saturated heterocycles. The number of nitrogens with zero attached hydrogens (tertiary/aromatic N) is 1. The molecular weight excluding hydrogens is 366 g/mol. The Bertz CT molecular complexity index is 838. The fourth-order valence-corrected chi connectivity index (χ4v) is 3.50. The third-order valence-electron chi connectivity index (χ3n) is 5.01. The fourth-order valence-electron chi connectivity index (χ4n) is 3.50. The number of hydrogen-bond donors (Lipinski definition) is 1. The number of halogens is 2. The zero-order valence-electron chi connectivity index (χ0n) is 16.0. The zero-order chi connectivity index (χ0) is 20.1. The summed E-state index contributed by atoms with van der Waals surface area (Å²) >= 11 is 0. The van der Waals surface area contributed by atoms with Crippen LogP contribution in [0.25, 0.3) is 0 Å². The van der Waals surface area contributed by atoms with Crippen LogP contribution in [0.1, 0.15) is 34.8 Å². The minimum atomic E-state index is -1.04. The molecule has 3 rings (SSSR count). The van der Waals surface area contributed by atoms with Crippen LogP contribution in [0.4, 0.5) is 8.78 Å². The Hall–Kier alpha value is -2.67. The number of likely N-dealkylation sites (tertiary alicyclic amines) is 1. The van der Waals surface area contributed by atoms with Crippen molar-refractivity contribution in [2.24, 2.45) is 0 Å². The molecule has 1 heterocycles. The number of hydrogen-bond acceptors (Lipinski definition) is 4. The van der Waals surface area contributed by atoms with E-state index < -0.39 is 17.5 Å². The molecule has 0 saturated carbocycles. The molecule has 1 aliphatic heterocycles. The molecule has 5 nitrogen and oxygen atoms in total. The SMILES string of the molecule is COc1ccc(C(CNC(=O)c2ccc(F)c(F)c2)N2CCCC2)cc1OC. The molecule has 2 aromatic rings. The van der Waals surface area contributed by atoms with Gasteiger partial charge in [-0.05, 0) is 61.8 Å². The Kier molecular flexibility index (Phi) is 6.46. The van der Waals surface area contributed by atoms with E-state index in [1.807, 2.05) is 18.2 Å². The number of carbonyl (C=O) groups is 1. The molecular formula is C21H24F2N2O3. The van der Waals surface area contributed by atoms with Crippen LogP contribution in [0.5, 0.6) is 11.5 Å². The standard InChI is InChI=1S/C21H24F2N2O3/c1-27-19-8-6-14(12-20(19)28-2)18(25-9-3-4-10-25)13-24-21(26)15-5-7-16(22)17(23)11-15/h5-8,11-12,18H,3-4,9-10,13H2,1-2H3,(H,24,26). The number of ether oxygens (including phenoxy) is 2. The lowest BCUT2D eigenvalue weighted by Gasteiger charge is -2.28. The summed E-state index contributed by atoms with van der Waals surface area (Å²) in [6.45, 7) is 2.20. The van der Waals surface area contributed by atoms with Gasteiger partial charge in [0, 0.05) is 12.1 Å². The first-order valence-electron chi connectivity index (χ1n) is 9.22. The van der Waals surface area contributed by atoms with Gasteiger partial charge in [-0.2, -0.15) is 0 Å². The summed E-state index contributed by atoms with van der Waals surface area (Å²) in [5.41, 5.74) is 1.08. The van der Waals surface area contributed by atoms with Crippen molar-refractivity contribution in [3.8, 4) is 11.5 Å². The van der Waals surface area contributed by atoms with E-state index in [1.54, 1.807) is 14.2 Å². The lowest BCUT2D eigenvalue weighted by Crippen LogP contribution is -2.36. The normalized spacial score (nSPS) is 15.3. The summed E-state index contributed by atoms with van der Waals surface area (Å²) in [4.78, 5) is 14.7. The molecule has 28 heavy (non-hydrogen) atoms. The van der Waals surface area contributed by atoms with Crippen LogP contribution < -0.4 is 14.8 Å². The van der Waals surface area contributed by atoms with Crippen molar-refractivity contribution in [2.45, 2.75) is 18.9 Å². The largest absolute Gasteiger partial charge is 0.493 e. The molecule has 0 aromatic heterocycles. The van der Waals surface area contributed by atoms with Gasteiger partial charge in [-0.25, -0.2) is 8.78 Å². The summed E-state index contributed by atoms with van der Waals surface area (Å²) < 4.78 is 37.2. The van der Waals surface area contributed by atoms with Crippen LogP contribution in [0.15, 0.2) is 36.4 Å². The predicted octanol–water partition coefficient (Wildman–Crippen LogP) is 3.55. The van der Waals surface area contributed by atoms with Crippen LogP contribution >= 0.6 is 0 Å². The summed E-state index contributed by atoms with van der Waals surface area (Å²) in [6.07, 6.45) is 2.20. The highest BCUT2D eigenvalue weighted by Crippen LogP contribution is 2.33. The summed E-state index contributed by atoms with van der Waals surface area (Å²) in [5.74, 6) is -1.20. The van der Waals surface area contributed by atoms with Gasteiger partial charge < -0.3 is 14.8 Å². The second-order valence-corrected chi connectivity index (χ2v) is 6.71. The van der Waals surface area contributed by atoms with Gasteiger partial charge in [-0.15, -0.1) is 0 Å². The molecule has 1 N–H and O–H groups in total. The monoisotopic (exact) mass is 390 g/mol. The molecule has 1 fully saturated rings. The van der Waals surface area contributed by atoms with Crippen LogP contribution in [0.3, 0.4) is 0 Å². The molecule has 1 amide bonds. The lowest BCUT2D eigenvalue weighted by molar-refractivity contribution is 0.0937. The van der Waals surface area contributed by atoms with Crippen molar-refractivity contribution in [1.29, 1.82) is 0 Å². The van der Waals surface area contributed by atoms with Gasteiger partial charge in [-0.1, -0.05) is 6.07 Å². The Morgan fingerprint density at radius 3 is 2.39 bits per heavy atom. The van der Waals surface area contributed by atoms with Gasteiger partial charge >= 0.3 is 0 Å². The number of rotatable bonds is 7. The summed E-state index contributed by atoms with van der Waals surface area (Å²) in [7, 11) is 3.16. The predicted molar refractivity (Wildman–Crippen MR) is 102 cm³/mol. The minimum Gasteiger partial charge on any atom is -0.493 e. The molecule has 150 valence electrons. The number of methoxy groups -OCH3 is 2. The molecule has 0 radical (unpaired) electrons. The van der Waals surface area contributed by atoms with Gasteiger partial charge in [0.1, 0.15) is 0 Å². The first-order valence-corrected chi connectivity index (χ1v) is 9.22. The first kappa shape index (κ1) is 20.1. The maximum atomic E-state index is 13.4. The maximum Gasteiger partial charge on any atom is 0.251 e. The minimum absolute atomic E-state index is 0.0587. The average molecular weight is 390 g/mol. The molecule has 0 spiro atoms. The Morgan fingerprint density at radius 2 is 1.75 bits per heavy atom. The van der Waals surface area contributed by atoms with Crippen LogP contribution in [-0.4, -0.2) is 44.7 Å². The number of benzene rings is 2. The van der Waals surface area contributed by atoms with E-state index in [2.05, 4.69) is 10.2 Å². The van der Waals surface area contributed by atoms with E-state index in [0.29, 0.717) is 18.0 Å². The third kappa shape index (κ3) is 4.42. The molecule has 1 aliphatic rings. The Labute approximate surface area is 163 Å². The Morgan fingerprint density at radius 1 is 1.04 bits per heavy atom. The highest BCUT2D eigenvalue weighted by atomic mass is 19.2. The zero-order valence-corrected chi connectivity index (χ0v) is 16.0. The van der Waals surface area contributed by atoms with Crippen molar-refractivity contribution in [3.05, 3.63) is 59.2 Å². The smallest absolute Gasteiger partial charge is 0.251 e. The van der Waals surface area contributed by atoms with Crippen molar-refractivity contribution in [2.75, 3.05) is 33.9 Å². The van der Waals surface area contributed by atoms with E-state index in [0.717, 1.165) is 43.6 Å². The molecule has 0 bridgehead atoms. The van der Waals surface area contributed by atoms with Gasteiger partial charge in [0.15, 0.2) is 23.1 Å². The molecule has 2 aromatic carbocycles. The average Bonchev–Trinajstić information content (AvgIpc) is 3.24. The number of amides is 1. The molecule has 1 unspecified atom stereocenters. The third-order valence-corrected chi connectivity index (χ3v) is 5.01. The van der Waals surface area contributed by atoms with Crippen molar-refractivity contribution < 1.29 is 23.0 Å². The van der Waals surface area contributed by atoms with Crippen LogP contribution in [0.2, 0.25) is 0 Å². The lowest BCUT2D eigenvalue weighted by atomic mass is 10.0. The van der Waals surface area contributed by atoms with E-state index in [1.165, 1.54) is 6.07 Å². The van der Waals surface area contributed by atoms with E-state index >= 15 is 0 Å². The summed E-state index contributed by atoms with van der Waals surface area (Å²) in [5, 5.41) is 2.85. The van der Waals surface area contributed by atoms with Crippen LogP contribution in [0, 0.1) is 11.6 Å². The number of nitrogens with one attached hydrogen (secondary N) is 1. The van der Waals surface area contributed by atoms with E-state index in [4.69, 9.17) is 9.47 Å². The van der Waals surface area contributed by atoms with Gasteiger partial charge in [-0.3, -0.25) is 9.69 Å². The van der Waals surface area contributed by atoms with Crippen LogP contribution in [-0.2, 0) is 0 Å². The highest BCUT2D eigenvalue weighted by Gasteiger charge is 2.25. The van der Waals surface area contributed by atoms with E-state index in [9.17, 15) is 13.6 Å². The van der Waals surface area contributed by atoms with Gasteiger partial charge in [0.25, 0.3) is 5.91 Å². The topological polar surface area (TPSA) is 50.8 Å². The second-order valence-electron chi connectivity index (χ2n) is 6.71. The van der Waals surface area contributed by atoms with E-state index in [-0.39, 0.29) is 11.6 Å². The molecule has 7 heteroatoms. The van der Waals surface area contributed by atoms with Crippen molar-refractivity contribution in [3.63, 3.8) is 0 Å².